The highest BCUT2D eigenvalue weighted by Gasteiger charge is 2.07. The van der Waals surface area contributed by atoms with E-state index in [0.29, 0.717) is 0 Å². The van der Waals surface area contributed by atoms with Gasteiger partial charge in [0, 0.05) is 6.92 Å². The summed E-state index contributed by atoms with van der Waals surface area (Å²) in [5.41, 5.74) is 0. The van der Waals surface area contributed by atoms with E-state index >= 15 is 0 Å². The second kappa shape index (κ2) is 9.02. The summed E-state index contributed by atoms with van der Waals surface area (Å²) >= 11 is 0. The van der Waals surface area contributed by atoms with Gasteiger partial charge >= 0.3 is 0 Å². The van der Waals surface area contributed by atoms with Gasteiger partial charge < -0.3 is 0 Å². The van der Waals surface area contributed by atoms with Crippen molar-refractivity contribution in [3.05, 3.63) is 18.2 Å². The molecule has 0 spiro atoms. The fourth-order valence-corrected chi connectivity index (χ4v) is 1.90. The molecule has 1 aromatic rings. The molecule has 0 bridgehead atoms. The van der Waals surface area contributed by atoms with Crippen molar-refractivity contribution < 1.29 is 28.5 Å². The van der Waals surface area contributed by atoms with Crippen LogP contribution in [0.25, 0.3) is 0 Å². The summed E-state index contributed by atoms with van der Waals surface area (Å²) in [6.45, 7) is 5.62. The Bertz CT molecular complexity index is 281. The number of hydrogen-bond donors (Lipinski definition) is 0. The van der Waals surface area contributed by atoms with E-state index in [2.05, 4.69) is 42.4 Å². The van der Waals surface area contributed by atoms with Crippen molar-refractivity contribution >= 4 is 0 Å². The second-order valence-electron chi connectivity index (χ2n) is 4.42. The number of aryl methyl sites for hydroxylation is 2. The molecule has 1 rings (SSSR count). The summed E-state index contributed by atoms with van der Waals surface area (Å²) < 4.78 is 4.52. The fourth-order valence-electron chi connectivity index (χ4n) is 1.90. The third-order valence-corrected chi connectivity index (χ3v) is 3.15. The molecule has 1 heterocycles. The van der Waals surface area contributed by atoms with E-state index in [1.54, 1.807) is 0 Å². The van der Waals surface area contributed by atoms with E-state index in [4.69, 9.17) is 0 Å². The van der Waals surface area contributed by atoms with Gasteiger partial charge in [-0.05, 0) is 12.8 Å². The molecule has 0 aliphatic carbocycles. The van der Waals surface area contributed by atoms with Crippen LogP contribution in [-0.4, -0.2) is 4.57 Å². The molecule has 16 heavy (non-hydrogen) atoms. The Morgan fingerprint density at radius 2 is 1.75 bits per heavy atom. The van der Waals surface area contributed by atoms with E-state index in [1.165, 1.54) is 50.9 Å². The highest BCUT2D eigenvalue weighted by atomic mass is 127. The molecule has 94 valence electrons. The smallest absolute Gasteiger partial charge is 0.237 e. The van der Waals surface area contributed by atoms with E-state index in [9.17, 15) is 0 Å². The zero-order valence-corrected chi connectivity index (χ0v) is 13.5. The molecule has 3 heteroatoms. The predicted octanol–water partition coefficient (Wildman–Crippen LogP) is -0.550. The van der Waals surface area contributed by atoms with Gasteiger partial charge in [-0.3, -0.25) is 0 Å². The van der Waals surface area contributed by atoms with Crippen molar-refractivity contribution in [1.29, 1.82) is 0 Å². The first-order valence-electron chi connectivity index (χ1n) is 6.27. The Kier molecular flexibility index (Phi) is 8.99. The third kappa shape index (κ3) is 5.32. The van der Waals surface area contributed by atoms with Crippen LogP contribution in [0.5, 0.6) is 0 Å². The average molecular weight is 338 g/mol. The minimum absolute atomic E-state index is 0. The largest absolute Gasteiger partial charge is 0.253 e. The van der Waals surface area contributed by atoms with Gasteiger partial charge in [0.2, 0.25) is 24.0 Å². The molecule has 0 radical (unpaired) electrons. The van der Waals surface area contributed by atoms with Crippen LogP contribution in [-0.2, 0) is 13.6 Å². The maximum atomic E-state index is 2.35. The molecule has 0 aromatic carbocycles. The van der Waals surface area contributed by atoms with Crippen molar-refractivity contribution in [1.82, 2.24) is 4.57 Å². The zero-order valence-electron chi connectivity index (χ0n) is 10.9. The molecule has 2 nitrogen and oxygen atoms in total. The summed E-state index contributed by atoms with van der Waals surface area (Å²) in [7, 11) is 2.10. The van der Waals surface area contributed by atoms with Crippen molar-refractivity contribution in [3.63, 3.8) is 0 Å². The molecule has 0 amide bonds. The molecular weight excluding hydrogens is 311 g/mol. The molecule has 0 saturated carbocycles. The second-order valence-corrected chi connectivity index (χ2v) is 4.42. The van der Waals surface area contributed by atoms with E-state index < -0.39 is 0 Å². The molecule has 0 N–H and O–H groups in total. The highest BCUT2D eigenvalue weighted by molar-refractivity contribution is 4.78. The van der Waals surface area contributed by atoms with Gasteiger partial charge in [-0.25, -0.2) is 9.13 Å². The van der Waals surface area contributed by atoms with Crippen LogP contribution >= 0.6 is 0 Å². The van der Waals surface area contributed by atoms with Crippen LogP contribution < -0.4 is 28.5 Å². The highest BCUT2D eigenvalue weighted by Crippen LogP contribution is 2.06. The number of halogens is 1. The number of unbranched alkanes of at least 4 members (excludes halogenated alkanes) is 5. The van der Waals surface area contributed by atoms with Gasteiger partial charge in [0.15, 0.2) is 0 Å². The SMILES string of the molecule is CCCCCCCCn1cc[n+](C)c1C.[IH2+]. The average Bonchev–Trinajstić information content (AvgIpc) is 2.54. The van der Waals surface area contributed by atoms with Gasteiger partial charge in [0.05, 0.1) is 13.6 Å². The molecular formula is C13H27IN2+2. The van der Waals surface area contributed by atoms with Crippen molar-refractivity contribution in [2.45, 2.75) is 58.9 Å². The minimum atomic E-state index is 0. The molecule has 0 aliphatic heterocycles. The molecule has 0 saturated heterocycles. The van der Waals surface area contributed by atoms with Crippen LogP contribution in [0.4, 0.5) is 0 Å². The summed E-state index contributed by atoms with van der Waals surface area (Å²) in [6, 6.07) is 0. The Labute approximate surface area is 117 Å². The standard InChI is InChI=1S/C13H25N2.H2I/c1-4-5-6-7-8-9-10-15-12-11-14(3)13(15)2;/h11-12H,4-10H2,1-3H3;1H2/q2*+1. The maximum absolute atomic E-state index is 2.35. The Morgan fingerprint density at radius 1 is 1.12 bits per heavy atom. The molecule has 0 fully saturated rings. The topological polar surface area (TPSA) is 8.81 Å². The summed E-state index contributed by atoms with van der Waals surface area (Å²) in [5, 5.41) is 0. The number of aromatic nitrogens is 2. The number of imidazole rings is 1. The Morgan fingerprint density at radius 3 is 2.31 bits per heavy atom. The summed E-state index contributed by atoms with van der Waals surface area (Å²) in [6.07, 6.45) is 12.6. The minimum Gasteiger partial charge on any atom is -0.237 e. The fraction of sp³-hybridized carbons (Fsp3) is 0.769. The van der Waals surface area contributed by atoms with E-state index in [1.807, 2.05) is 0 Å². The lowest BCUT2D eigenvalue weighted by Crippen LogP contribution is -3.00. The van der Waals surface area contributed by atoms with E-state index in [0.717, 1.165) is 0 Å². The van der Waals surface area contributed by atoms with Gasteiger partial charge in [0.25, 0.3) is 5.82 Å². The van der Waals surface area contributed by atoms with Crippen LogP contribution in [0.15, 0.2) is 12.4 Å². The number of hydrogen-bond acceptors (Lipinski definition) is 0. The lowest BCUT2D eigenvalue weighted by molar-refractivity contribution is -0.677. The van der Waals surface area contributed by atoms with Crippen LogP contribution in [0.3, 0.4) is 0 Å². The lowest BCUT2D eigenvalue weighted by atomic mass is 10.1. The lowest BCUT2D eigenvalue weighted by Gasteiger charge is -2.00. The molecule has 0 aliphatic rings. The molecule has 1 aromatic heterocycles. The first-order valence-corrected chi connectivity index (χ1v) is 6.27. The number of nitrogens with zero attached hydrogens (tertiary/aromatic N) is 2. The Hall–Kier alpha value is -0.0600. The summed E-state index contributed by atoms with van der Waals surface area (Å²) in [4.78, 5) is 0. The first-order chi connectivity index (χ1) is 7.25. The van der Waals surface area contributed by atoms with Gasteiger partial charge in [-0.15, -0.1) is 0 Å². The van der Waals surface area contributed by atoms with Gasteiger partial charge in [-0.2, -0.15) is 0 Å². The van der Waals surface area contributed by atoms with Crippen LogP contribution in [0.1, 0.15) is 51.3 Å². The predicted molar refractivity (Wildman–Crippen MR) is 66.5 cm³/mol. The maximum Gasteiger partial charge on any atom is 0.253 e. The normalized spacial score (nSPS) is 10.2. The Balaban J connectivity index is 0.00000225. The monoisotopic (exact) mass is 338 g/mol. The van der Waals surface area contributed by atoms with Crippen molar-refractivity contribution in [3.8, 4) is 0 Å². The molecule has 0 atom stereocenters. The zero-order chi connectivity index (χ0) is 11.1. The van der Waals surface area contributed by atoms with Crippen molar-refractivity contribution in [2.75, 3.05) is 0 Å². The van der Waals surface area contributed by atoms with Gasteiger partial charge in [0.1, 0.15) is 12.4 Å². The van der Waals surface area contributed by atoms with E-state index in [-0.39, 0.29) is 24.0 Å². The summed E-state index contributed by atoms with van der Waals surface area (Å²) in [5.74, 6) is 1.35. The van der Waals surface area contributed by atoms with Gasteiger partial charge in [-0.1, -0.05) is 32.6 Å². The third-order valence-electron chi connectivity index (χ3n) is 3.15. The molecule has 0 unspecified atom stereocenters. The quantitative estimate of drug-likeness (QED) is 0.358. The van der Waals surface area contributed by atoms with Crippen molar-refractivity contribution in [2.24, 2.45) is 7.05 Å². The van der Waals surface area contributed by atoms with Crippen LogP contribution in [0.2, 0.25) is 0 Å². The van der Waals surface area contributed by atoms with Crippen LogP contribution in [0, 0.1) is 6.92 Å². The number of rotatable bonds is 7. The first kappa shape index (κ1) is 15.9.